The molecule has 1 atom stereocenters. The van der Waals surface area contributed by atoms with E-state index in [-0.39, 0.29) is 51.0 Å². The summed E-state index contributed by atoms with van der Waals surface area (Å²) in [5, 5.41) is 21.7. The number of para-hydroxylation sites is 1. The average molecular weight is 510 g/mol. The maximum absolute atomic E-state index is 13.7. The Morgan fingerprint density at radius 3 is 2.63 bits per heavy atom. The second kappa shape index (κ2) is 8.92. The van der Waals surface area contributed by atoms with Gasteiger partial charge in [-0.2, -0.15) is 0 Å². The number of carbonyl (C=O) groups is 1. The summed E-state index contributed by atoms with van der Waals surface area (Å²) in [5.41, 5.74) is 2.69. The Kier molecular flexibility index (Phi) is 5.52. The smallest absolute Gasteiger partial charge is 0.306 e. The van der Waals surface area contributed by atoms with Gasteiger partial charge in [0.2, 0.25) is 5.43 Å². The molecule has 3 heterocycles. The highest BCUT2D eigenvalue weighted by Gasteiger charge is 2.30. The molecule has 6 rings (SSSR count). The molecule has 5 aromatic rings. The van der Waals surface area contributed by atoms with E-state index in [0.717, 1.165) is 22.9 Å². The summed E-state index contributed by atoms with van der Waals surface area (Å²) in [4.78, 5) is 39.8. The summed E-state index contributed by atoms with van der Waals surface area (Å²) in [6.45, 7) is 0.514. The first-order valence-corrected chi connectivity index (χ1v) is 12.2. The van der Waals surface area contributed by atoms with Gasteiger partial charge in [0.1, 0.15) is 23.3 Å². The number of phenols is 2. The van der Waals surface area contributed by atoms with Gasteiger partial charge in [0.15, 0.2) is 0 Å². The van der Waals surface area contributed by atoms with Gasteiger partial charge in [-0.15, -0.1) is 0 Å². The third kappa shape index (κ3) is 3.64. The lowest BCUT2D eigenvalue weighted by Crippen LogP contribution is -2.26. The number of rotatable bonds is 5. The number of methoxy groups -OCH3 is 1. The predicted molar refractivity (Wildman–Crippen MR) is 142 cm³/mol. The Morgan fingerprint density at radius 2 is 1.87 bits per heavy atom. The zero-order valence-electron chi connectivity index (χ0n) is 20.4. The van der Waals surface area contributed by atoms with E-state index in [9.17, 15) is 24.6 Å². The molecule has 2 aromatic heterocycles. The Labute approximate surface area is 216 Å². The summed E-state index contributed by atoms with van der Waals surface area (Å²) in [7, 11) is 1.26. The van der Waals surface area contributed by atoms with E-state index in [1.807, 2.05) is 18.2 Å². The van der Waals surface area contributed by atoms with Crippen LogP contribution in [0.2, 0.25) is 0 Å². The second-order valence-electron chi connectivity index (χ2n) is 9.39. The maximum Gasteiger partial charge on any atom is 0.306 e. The van der Waals surface area contributed by atoms with E-state index in [1.54, 1.807) is 22.8 Å². The van der Waals surface area contributed by atoms with Crippen molar-refractivity contribution < 1.29 is 24.2 Å². The van der Waals surface area contributed by atoms with Crippen molar-refractivity contribution in [1.82, 2.24) is 4.57 Å². The van der Waals surface area contributed by atoms with E-state index in [0.29, 0.717) is 17.7 Å². The summed E-state index contributed by atoms with van der Waals surface area (Å²) in [5.74, 6) is -1.65. The molecular formula is C30H23NO7. The number of carbonyl (C=O) groups excluding carboxylic acids is 1. The molecule has 0 amide bonds. The van der Waals surface area contributed by atoms with Crippen LogP contribution in [0.25, 0.3) is 33.0 Å². The van der Waals surface area contributed by atoms with Crippen LogP contribution in [0, 0.1) is 0 Å². The number of benzene rings is 3. The van der Waals surface area contributed by atoms with Crippen LogP contribution in [0.15, 0.2) is 80.9 Å². The number of phenolic OH excluding ortho intramolecular Hbond substituents is 2. The van der Waals surface area contributed by atoms with Crippen molar-refractivity contribution in [1.29, 1.82) is 0 Å². The minimum atomic E-state index is -0.932. The van der Waals surface area contributed by atoms with E-state index in [2.05, 4.69) is 0 Å². The number of aryl methyl sites for hydroxylation is 2. The van der Waals surface area contributed by atoms with Crippen LogP contribution >= 0.6 is 0 Å². The van der Waals surface area contributed by atoms with Gasteiger partial charge in [-0.05, 0) is 53.3 Å². The van der Waals surface area contributed by atoms with Crippen molar-refractivity contribution >= 4 is 27.8 Å². The third-order valence-corrected chi connectivity index (χ3v) is 7.29. The lowest BCUT2D eigenvalue weighted by Gasteiger charge is -2.20. The minimum absolute atomic E-state index is 0.0638. The molecule has 0 saturated heterocycles. The fraction of sp³-hybridized carbons (Fsp3) is 0.167. The Bertz CT molecular complexity index is 1870. The van der Waals surface area contributed by atoms with Crippen molar-refractivity contribution in [2.24, 2.45) is 0 Å². The average Bonchev–Trinajstić information content (AvgIpc) is 3.36. The van der Waals surface area contributed by atoms with Crippen LogP contribution in [0.4, 0.5) is 0 Å². The molecule has 8 nitrogen and oxygen atoms in total. The largest absolute Gasteiger partial charge is 0.508 e. The van der Waals surface area contributed by atoms with Crippen molar-refractivity contribution in [3.8, 4) is 22.6 Å². The number of fused-ring (bicyclic) bond motifs is 1. The summed E-state index contributed by atoms with van der Waals surface area (Å²) in [6.07, 6.45) is 1.77. The number of aromatic nitrogens is 1. The highest BCUT2D eigenvalue weighted by atomic mass is 16.5. The SMILES string of the molecule is COC(=O)C[C@@H](c1cc2cccc3c2n(c1=O)CC3)c1c(O)ccc2c(=O)c(-c3ccc(O)cc3)coc12. The molecule has 0 saturated carbocycles. The fourth-order valence-electron chi connectivity index (χ4n) is 5.45. The van der Waals surface area contributed by atoms with Gasteiger partial charge >= 0.3 is 5.97 Å². The van der Waals surface area contributed by atoms with Crippen molar-refractivity contribution in [2.45, 2.75) is 25.3 Å². The molecule has 8 heteroatoms. The van der Waals surface area contributed by atoms with E-state index in [1.165, 1.54) is 37.6 Å². The molecule has 0 radical (unpaired) electrons. The number of nitrogens with zero attached hydrogens (tertiary/aromatic N) is 1. The summed E-state index contributed by atoms with van der Waals surface area (Å²) < 4.78 is 12.6. The molecule has 0 bridgehead atoms. The Balaban J connectivity index is 1.61. The van der Waals surface area contributed by atoms with Gasteiger partial charge in [0, 0.05) is 23.6 Å². The molecule has 190 valence electrons. The Morgan fingerprint density at radius 1 is 1.08 bits per heavy atom. The molecule has 0 unspecified atom stereocenters. The molecule has 38 heavy (non-hydrogen) atoms. The second-order valence-corrected chi connectivity index (χ2v) is 9.39. The highest BCUT2D eigenvalue weighted by molar-refractivity contribution is 5.89. The van der Waals surface area contributed by atoms with Crippen LogP contribution < -0.4 is 11.0 Å². The molecule has 1 aliphatic rings. The van der Waals surface area contributed by atoms with Gasteiger partial charge in [-0.1, -0.05) is 30.3 Å². The zero-order chi connectivity index (χ0) is 26.6. The molecule has 2 N–H and O–H groups in total. The zero-order valence-corrected chi connectivity index (χ0v) is 20.4. The van der Waals surface area contributed by atoms with E-state index >= 15 is 0 Å². The summed E-state index contributed by atoms with van der Waals surface area (Å²) >= 11 is 0. The quantitative estimate of drug-likeness (QED) is 0.336. The van der Waals surface area contributed by atoms with E-state index < -0.39 is 11.9 Å². The van der Waals surface area contributed by atoms with Gasteiger partial charge in [0.05, 0.1) is 30.0 Å². The first-order valence-electron chi connectivity index (χ1n) is 12.2. The molecule has 3 aromatic carbocycles. The molecule has 1 aliphatic heterocycles. The van der Waals surface area contributed by atoms with Crippen LogP contribution in [-0.4, -0.2) is 27.9 Å². The van der Waals surface area contributed by atoms with Gasteiger partial charge < -0.3 is 23.9 Å². The van der Waals surface area contributed by atoms with Gasteiger partial charge in [-0.25, -0.2) is 0 Å². The normalized spacial score (nSPS) is 13.2. The van der Waals surface area contributed by atoms with Crippen LogP contribution in [0.3, 0.4) is 0 Å². The Hall–Kier alpha value is -4.85. The molecule has 0 aliphatic carbocycles. The fourth-order valence-corrected chi connectivity index (χ4v) is 5.45. The monoisotopic (exact) mass is 509 g/mol. The van der Waals surface area contributed by atoms with Crippen LogP contribution in [-0.2, 0) is 22.5 Å². The predicted octanol–water partition coefficient (Wildman–Crippen LogP) is 4.44. The van der Waals surface area contributed by atoms with Gasteiger partial charge in [-0.3, -0.25) is 14.4 Å². The number of hydrogen-bond acceptors (Lipinski definition) is 7. The third-order valence-electron chi connectivity index (χ3n) is 7.29. The van der Waals surface area contributed by atoms with Crippen molar-refractivity contribution in [3.05, 3.63) is 104 Å². The molecule has 0 fully saturated rings. The van der Waals surface area contributed by atoms with Crippen LogP contribution in [0.5, 0.6) is 11.5 Å². The summed E-state index contributed by atoms with van der Waals surface area (Å²) in [6, 6.07) is 16.5. The topological polar surface area (TPSA) is 119 Å². The standard InChI is InChI=1S/C30H23NO7/c1-37-25(34)14-21(22-13-18-4-2-3-17-11-12-31(27(17)18)30(22)36)26-24(33)10-9-20-28(35)23(15-38-29(20)26)16-5-7-19(32)8-6-16/h2-10,13,15,21,32-33H,11-12,14H2,1H3/t21-/m0/s1. The first-order chi connectivity index (χ1) is 18.4. The van der Waals surface area contributed by atoms with Crippen LogP contribution in [0.1, 0.15) is 29.0 Å². The van der Waals surface area contributed by atoms with E-state index in [4.69, 9.17) is 9.15 Å². The van der Waals surface area contributed by atoms with Crippen molar-refractivity contribution in [2.75, 3.05) is 7.11 Å². The number of esters is 1. The number of pyridine rings is 1. The highest BCUT2D eigenvalue weighted by Crippen LogP contribution is 2.39. The lowest BCUT2D eigenvalue weighted by molar-refractivity contribution is -0.140. The lowest BCUT2D eigenvalue weighted by atomic mass is 9.86. The number of ether oxygens (including phenoxy) is 1. The molecule has 0 spiro atoms. The molecular weight excluding hydrogens is 486 g/mol. The maximum atomic E-state index is 13.7. The minimum Gasteiger partial charge on any atom is -0.508 e. The van der Waals surface area contributed by atoms with Gasteiger partial charge in [0.25, 0.3) is 5.56 Å². The number of hydrogen-bond donors (Lipinski definition) is 2. The first kappa shape index (κ1) is 23.5. The van der Waals surface area contributed by atoms with Crippen molar-refractivity contribution in [3.63, 3.8) is 0 Å². The number of aromatic hydroxyl groups is 2.